The molecule has 1 aromatic carbocycles. The van der Waals surface area contributed by atoms with Crippen molar-refractivity contribution in [2.75, 3.05) is 7.05 Å². The summed E-state index contributed by atoms with van der Waals surface area (Å²) in [6, 6.07) is 7.66. The van der Waals surface area contributed by atoms with Gasteiger partial charge in [-0.3, -0.25) is 9.36 Å². The van der Waals surface area contributed by atoms with E-state index in [4.69, 9.17) is 11.6 Å². The molecule has 84 valence electrons. The topological polar surface area (TPSA) is 38.1 Å². The van der Waals surface area contributed by atoms with Crippen molar-refractivity contribution in [2.45, 2.75) is 13.6 Å². The molecule has 0 saturated carbocycles. The maximum Gasteiger partial charge on any atom is 0.220 e. The lowest BCUT2D eigenvalue weighted by atomic mass is 10.3. The van der Waals surface area contributed by atoms with Crippen molar-refractivity contribution in [2.24, 2.45) is 0 Å². The molecule has 0 fully saturated rings. The number of benzene rings is 1. The first-order valence-electron chi connectivity index (χ1n) is 4.92. The number of hydrogen-bond donors (Lipinski definition) is 0. The van der Waals surface area contributed by atoms with Crippen LogP contribution in [-0.4, -0.2) is 27.4 Å². The van der Waals surface area contributed by atoms with Gasteiger partial charge in [0.15, 0.2) is 0 Å². The predicted octanol–water partition coefficient (Wildman–Crippen LogP) is 2.13. The molecule has 0 atom stereocenters. The van der Waals surface area contributed by atoms with Crippen LogP contribution >= 0.6 is 11.6 Å². The summed E-state index contributed by atoms with van der Waals surface area (Å²) in [7, 11) is 1.73. The Hall–Kier alpha value is -1.55. The molecule has 5 heteroatoms. The number of hydrogen-bond acceptors (Lipinski definition) is 2. The van der Waals surface area contributed by atoms with Gasteiger partial charge >= 0.3 is 0 Å². The van der Waals surface area contributed by atoms with Crippen LogP contribution in [0, 0.1) is 0 Å². The van der Waals surface area contributed by atoms with E-state index in [9.17, 15) is 4.79 Å². The van der Waals surface area contributed by atoms with Crippen LogP contribution in [0.1, 0.15) is 6.92 Å². The van der Waals surface area contributed by atoms with Crippen molar-refractivity contribution < 1.29 is 4.79 Å². The van der Waals surface area contributed by atoms with Gasteiger partial charge < -0.3 is 4.90 Å². The number of carbonyl (C=O) groups is 1. The summed E-state index contributed by atoms with van der Waals surface area (Å²) in [5.74, 6) is -0.00570. The zero-order chi connectivity index (χ0) is 11.7. The van der Waals surface area contributed by atoms with Gasteiger partial charge in [-0.1, -0.05) is 12.1 Å². The number of fused-ring (bicyclic) bond motifs is 1. The van der Waals surface area contributed by atoms with Crippen molar-refractivity contribution in [1.29, 1.82) is 0 Å². The highest BCUT2D eigenvalue weighted by Gasteiger charge is 2.10. The molecule has 16 heavy (non-hydrogen) atoms. The largest absolute Gasteiger partial charge is 0.328 e. The normalized spacial score (nSPS) is 10.7. The lowest BCUT2D eigenvalue weighted by Crippen LogP contribution is -2.26. The summed E-state index contributed by atoms with van der Waals surface area (Å²) < 4.78 is 1.80. The summed E-state index contributed by atoms with van der Waals surface area (Å²) in [4.78, 5) is 17.0. The van der Waals surface area contributed by atoms with E-state index in [0.29, 0.717) is 12.0 Å². The molecule has 0 aliphatic rings. The second-order valence-electron chi connectivity index (χ2n) is 3.66. The molecule has 2 aromatic rings. The average Bonchev–Trinajstić information content (AvgIpc) is 2.55. The highest BCUT2D eigenvalue weighted by Crippen LogP contribution is 2.19. The van der Waals surface area contributed by atoms with E-state index in [1.54, 1.807) is 16.5 Å². The van der Waals surface area contributed by atoms with Gasteiger partial charge in [-0.2, -0.15) is 0 Å². The number of rotatable bonds is 2. The van der Waals surface area contributed by atoms with Crippen molar-refractivity contribution in [1.82, 2.24) is 14.5 Å². The van der Waals surface area contributed by atoms with Gasteiger partial charge in [0.1, 0.15) is 0 Å². The van der Waals surface area contributed by atoms with E-state index in [-0.39, 0.29) is 5.91 Å². The molecule has 0 bridgehead atoms. The first-order valence-corrected chi connectivity index (χ1v) is 5.30. The number of halogens is 1. The number of amides is 1. The Kier molecular flexibility index (Phi) is 2.83. The van der Waals surface area contributed by atoms with E-state index in [2.05, 4.69) is 4.98 Å². The summed E-state index contributed by atoms with van der Waals surface area (Å²) in [5, 5.41) is 0.398. The molecule has 0 saturated heterocycles. The van der Waals surface area contributed by atoms with Gasteiger partial charge in [-0.15, -0.1) is 0 Å². The lowest BCUT2D eigenvalue weighted by molar-refractivity contribution is -0.128. The van der Waals surface area contributed by atoms with Gasteiger partial charge in [0.05, 0.1) is 17.7 Å². The lowest BCUT2D eigenvalue weighted by Gasteiger charge is -2.16. The molecule has 0 unspecified atom stereocenters. The maximum atomic E-state index is 11.2. The standard InChI is InChI=1S/C11H12ClN3O/c1-8(16)14(2)7-15-10-6-4-3-5-9(10)13-11(15)12/h3-6H,7H2,1-2H3. The van der Waals surface area contributed by atoms with E-state index < -0.39 is 0 Å². The van der Waals surface area contributed by atoms with Crippen molar-refractivity contribution >= 4 is 28.5 Å². The van der Waals surface area contributed by atoms with Crippen molar-refractivity contribution in [3.63, 3.8) is 0 Å². The van der Waals surface area contributed by atoms with Gasteiger partial charge in [0.2, 0.25) is 11.2 Å². The fourth-order valence-electron chi connectivity index (χ4n) is 1.49. The molecule has 1 aromatic heterocycles. The fourth-order valence-corrected chi connectivity index (χ4v) is 1.73. The minimum absolute atomic E-state index is 0.00570. The highest BCUT2D eigenvalue weighted by molar-refractivity contribution is 6.29. The van der Waals surface area contributed by atoms with Crippen LogP contribution in [0.15, 0.2) is 24.3 Å². The summed E-state index contributed by atoms with van der Waals surface area (Å²) in [5.41, 5.74) is 1.77. The van der Waals surface area contributed by atoms with E-state index >= 15 is 0 Å². The first-order chi connectivity index (χ1) is 7.59. The van der Waals surface area contributed by atoms with Crippen molar-refractivity contribution in [3.8, 4) is 0 Å². The first kappa shape index (κ1) is 11.0. The number of aromatic nitrogens is 2. The zero-order valence-electron chi connectivity index (χ0n) is 9.14. The third-order valence-corrected chi connectivity index (χ3v) is 2.79. The van der Waals surface area contributed by atoms with Crippen LogP contribution in [0.5, 0.6) is 0 Å². The monoisotopic (exact) mass is 237 g/mol. The molecular weight excluding hydrogens is 226 g/mol. The van der Waals surface area contributed by atoms with Crippen LogP contribution in [0.3, 0.4) is 0 Å². The molecule has 0 aliphatic carbocycles. The second kappa shape index (κ2) is 4.14. The molecular formula is C11H12ClN3O. The number of imidazole rings is 1. The second-order valence-corrected chi connectivity index (χ2v) is 3.99. The maximum absolute atomic E-state index is 11.2. The average molecular weight is 238 g/mol. The molecule has 0 aliphatic heterocycles. The molecule has 0 N–H and O–H groups in total. The summed E-state index contributed by atoms with van der Waals surface area (Å²) >= 11 is 6.03. The SMILES string of the molecule is CC(=O)N(C)Cn1c(Cl)nc2ccccc21. The number of nitrogens with zero attached hydrogens (tertiary/aromatic N) is 3. The van der Waals surface area contributed by atoms with Crippen LogP contribution in [-0.2, 0) is 11.5 Å². The Morgan fingerprint density at radius 3 is 2.88 bits per heavy atom. The number of carbonyl (C=O) groups excluding carboxylic acids is 1. The molecule has 2 rings (SSSR count). The molecule has 0 spiro atoms. The predicted molar refractivity (Wildman–Crippen MR) is 63.2 cm³/mol. The minimum Gasteiger partial charge on any atom is -0.328 e. The Morgan fingerprint density at radius 1 is 1.50 bits per heavy atom. The summed E-state index contributed by atoms with van der Waals surface area (Å²) in [6.45, 7) is 1.93. The molecule has 1 heterocycles. The van der Waals surface area contributed by atoms with Gasteiger partial charge in [0, 0.05) is 14.0 Å². The highest BCUT2D eigenvalue weighted by atomic mass is 35.5. The van der Waals surface area contributed by atoms with E-state index in [0.717, 1.165) is 11.0 Å². The molecule has 0 radical (unpaired) electrons. The Morgan fingerprint density at radius 2 is 2.19 bits per heavy atom. The smallest absolute Gasteiger partial charge is 0.220 e. The summed E-state index contributed by atoms with van der Waals surface area (Å²) in [6.07, 6.45) is 0. The number of para-hydroxylation sites is 2. The Bertz CT molecular complexity index is 535. The van der Waals surface area contributed by atoms with Crippen LogP contribution in [0.25, 0.3) is 11.0 Å². The van der Waals surface area contributed by atoms with Crippen LogP contribution in [0.4, 0.5) is 0 Å². The van der Waals surface area contributed by atoms with Crippen molar-refractivity contribution in [3.05, 3.63) is 29.5 Å². The third-order valence-electron chi connectivity index (χ3n) is 2.50. The fraction of sp³-hybridized carbons (Fsp3) is 0.273. The minimum atomic E-state index is -0.00570. The Labute approximate surface area is 98.4 Å². The van der Waals surface area contributed by atoms with E-state index in [1.807, 2.05) is 24.3 Å². The van der Waals surface area contributed by atoms with Crippen LogP contribution in [0.2, 0.25) is 5.28 Å². The van der Waals surface area contributed by atoms with Gasteiger partial charge in [-0.05, 0) is 23.7 Å². The van der Waals surface area contributed by atoms with E-state index in [1.165, 1.54) is 6.92 Å². The quantitative estimate of drug-likeness (QED) is 0.803. The molecule has 1 amide bonds. The van der Waals surface area contributed by atoms with Gasteiger partial charge in [0.25, 0.3) is 0 Å². The third kappa shape index (κ3) is 1.88. The zero-order valence-corrected chi connectivity index (χ0v) is 9.90. The molecule has 4 nitrogen and oxygen atoms in total. The van der Waals surface area contributed by atoms with Gasteiger partial charge in [-0.25, -0.2) is 4.98 Å². The Balaban J connectivity index is 2.43. The van der Waals surface area contributed by atoms with Crippen LogP contribution < -0.4 is 0 Å².